The van der Waals surface area contributed by atoms with Crippen LogP contribution in [0.3, 0.4) is 0 Å². The number of aromatic amines is 1. The van der Waals surface area contributed by atoms with E-state index < -0.39 is 5.69 Å². The maximum atomic E-state index is 12.5. The Morgan fingerprint density at radius 2 is 2.21 bits per heavy atom. The summed E-state index contributed by atoms with van der Waals surface area (Å²) in [4.78, 5) is 24.0. The van der Waals surface area contributed by atoms with Gasteiger partial charge in [0.15, 0.2) is 5.65 Å². The van der Waals surface area contributed by atoms with Gasteiger partial charge in [0.1, 0.15) is 5.52 Å². The van der Waals surface area contributed by atoms with Crippen LogP contribution in [-0.4, -0.2) is 44.3 Å². The normalized spacial score (nSPS) is 17.6. The first-order chi connectivity index (χ1) is 13.4. The van der Waals surface area contributed by atoms with E-state index in [1.807, 2.05) is 0 Å². The monoisotopic (exact) mass is 424 g/mol. The molecule has 8 nitrogen and oxygen atoms in total. The van der Waals surface area contributed by atoms with Gasteiger partial charge in [-0.25, -0.2) is 9.78 Å². The number of anilines is 1. The van der Waals surface area contributed by atoms with Gasteiger partial charge in [-0.3, -0.25) is 4.57 Å². The highest BCUT2D eigenvalue weighted by molar-refractivity contribution is 6.36. The minimum Gasteiger partial charge on any atom is -0.390 e. The summed E-state index contributed by atoms with van der Waals surface area (Å²) in [6.07, 6.45) is 2.50. The van der Waals surface area contributed by atoms with Crippen LogP contribution in [0.4, 0.5) is 5.95 Å². The molecular formula is C18H22Cl2N6O2. The zero-order chi connectivity index (χ0) is 20.3. The molecule has 0 bridgehead atoms. The summed E-state index contributed by atoms with van der Waals surface area (Å²) in [6.45, 7) is 9.67. The summed E-state index contributed by atoms with van der Waals surface area (Å²) in [5, 5.41) is 16.7. The maximum Gasteiger partial charge on any atom is 0.328 e. The predicted molar refractivity (Wildman–Crippen MR) is 112 cm³/mol. The van der Waals surface area contributed by atoms with Gasteiger partial charge in [-0.2, -0.15) is 4.98 Å². The molecular weight excluding hydrogens is 403 g/mol. The molecule has 0 spiro atoms. The van der Waals surface area contributed by atoms with Gasteiger partial charge in [0.2, 0.25) is 5.95 Å². The van der Waals surface area contributed by atoms with Gasteiger partial charge in [-0.05, 0) is 25.4 Å². The lowest BCUT2D eigenvalue weighted by molar-refractivity contribution is 0.278. The summed E-state index contributed by atoms with van der Waals surface area (Å²) >= 11 is 12.2. The zero-order valence-corrected chi connectivity index (χ0v) is 16.8. The lowest BCUT2D eigenvalue weighted by Crippen LogP contribution is -2.20. The minimum absolute atomic E-state index is 0.0554. The number of fused-ring (bicyclic) bond motifs is 1. The number of imidazole rings is 1. The molecule has 1 atom stereocenters. The number of rotatable bonds is 8. The molecule has 3 heterocycles. The third-order valence-corrected chi connectivity index (χ3v) is 5.28. The Bertz CT molecular complexity index is 988. The molecule has 0 aliphatic carbocycles. The second-order valence-corrected chi connectivity index (χ2v) is 7.41. The Morgan fingerprint density at radius 3 is 2.82 bits per heavy atom. The van der Waals surface area contributed by atoms with Crippen LogP contribution in [0, 0.1) is 5.92 Å². The molecule has 0 radical (unpaired) electrons. The van der Waals surface area contributed by atoms with Crippen molar-refractivity contribution in [1.82, 2.24) is 24.8 Å². The molecule has 0 unspecified atom stereocenters. The van der Waals surface area contributed by atoms with Crippen molar-refractivity contribution in [3.05, 3.63) is 51.0 Å². The van der Waals surface area contributed by atoms with Crippen molar-refractivity contribution in [2.75, 3.05) is 25.0 Å². The number of H-pyrrole nitrogens is 1. The quantitative estimate of drug-likeness (QED) is 0.483. The number of nitrogens with zero attached hydrogens (tertiary/aromatic N) is 3. The summed E-state index contributed by atoms with van der Waals surface area (Å²) in [7, 11) is 0. The van der Waals surface area contributed by atoms with Gasteiger partial charge in [0.25, 0.3) is 0 Å². The van der Waals surface area contributed by atoms with Crippen LogP contribution in [0.5, 0.6) is 0 Å². The molecule has 28 heavy (non-hydrogen) atoms. The van der Waals surface area contributed by atoms with E-state index in [4.69, 9.17) is 23.2 Å². The Morgan fingerprint density at radius 1 is 1.43 bits per heavy atom. The van der Waals surface area contributed by atoms with Crippen LogP contribution in [0.15, 0.2) is 39.7 Å². The van der Waals surface area contributed by atoms with Crippen molar-refractivity contribution in [3.8, 4) is 0 Å². The first-order valence-electron chi connectivity index (χ1n) is 8.85. The van der Waals surface area contributed by atoms with E-state index in [-0.39, 0.29) is 18.2 Å². The van der Waals surface area contributed by atoms with E-state index in [9.17, 15) is 9.90 Å². The fraction of sp³-hybridized carbons (Fsp3) is 0.389. The Balaban J connectivity index is 2.01. The van der Waals surface area contributed by atoms with Gasteiger partial charge in [0.05, 0.1) is 18.8 Å². The maximum absolute atomic E-state index is 12.5. The molecule has 0 aromatic carbocycles. The van der Waals surface area contributed by atoms with E-state index in [1.165, 1.54) is 10.6 Å². The fourth-order valence-electron chi connectivity index (χ4n) is 3.12. The van der Waals surface area contributed by atoms with Crippen LogP contribution in [0.25, 0.3) is 11.2 Å². The topological polar surface area (TPSA) is 108 Å². The molecule has 3 rings (SSSR count). The third-order valence-electron chi connectivity index (χ3n) is 4.67. The average Bonchev–Trinajstić information content (AvgIpc) is 3.30. The Kier molecular flexibility index (Phi) is 6.56. The van der Waals surface area contributed by atoms with E-state index in [0.29, 0.717) is 45.9 Å². The van der Waals surface area contributed by atoms with Gasteiger partial charge < -0.3 is 20.7 Å². The lowest BCUT2D eigenvalue weighted by atomic mass is 10.1. The molecule has 2 aromatic heterocycles. The average molecular weight is 425 g/mol. The number of aliphatic hydroxyl groups is 1. The van der Waals surface area contributed by atoms with Gasteiger partial charge >= 0.3 is 5.69 Å². The van der Waals surface area contributed by atoms with Crippen molar-refractivity contribution in [3.63, 3.8) is 0 Å². The fourth-order valence-corrected chi connectivity index (χ4v) is 3.51. The molecule has 2 aromatic rings. The van der Waals surface area contributed by atoms with Crippen molar-refractivity contribution in [1.29, 1.82) is 0 Å². The predicted octanol–water partition coefficient (Wildman–Crippen LogP) is 2.06. The highest BCUT2D eigenvalue weighted by atomic mass is 35.5. The van der Waals surface area contributed by atoms with E-state index in [0.717, 1.165) is 19.5 Å². The van der Waals surface area contributed by atoms with Gasteiger partial charge in [0, 0.05) is 22.2 Å². The molecule has 10 heteroatoms. The smallest absolute Gasteiger partial charge is 0.328 e. The van der Waals surface area contributed by atoms with Crippen molar-refractivity contribution in [2.45, 2.75) is 19.6 Å². The standard InChI is InChI=1S/C18H22Cl2N6O2/c1-3-13(20)12(10(2)19)8-26-16-15(24-18(26)28)14(9-27)23-17(25-16)22-7-11-4-5-21-6-11/h3,11,21,27H,1-2,4-9H2,(H,24,28)(H,22,23,25)/b13-12+/t11-/m1/s1. The highest BCUT2D eigenvalue weighted by Crippen LogP contribution is 2.24. The van der Waals surface area contributed by atoms with E-state index in [1.54, 1.807) is 0 Å². The molecule has 1 aliphatic heterocycles. The number of hydrogen-bond acceptors (Lipinski definition) is 6. The molecule has 1 fully saturated rings. The SMILES string of the molecule is C=C/C(Cl)=C(/Cn1c(=O)[nH]c2c(CO)nc(NC[C@@H]3CCNC3)nc21)C(=C)Cl. The number of aromatic nitrogens is 4. The third kappa shape index (κ3) is 4.30. The van der Waals surface area contributed by atoms with Crippen LogP contribution >= 0.6 is 23.2 Å². The van der Waals surface area contributed by atoms with Gasteiger partial charge in [-0.1, -0.05) is 42.4 Å². The molecule has 150 valence electrons. The number of aliphatic hydroxyl groups excluding tert-OH is 1. The van der Waals surface area contributed by atoms with Crippen LogP contribution in [-0.2, 0) is 13.2 Å². The number of nitrogens with one attached hydrogen (secondary N) is 3. The number of hydrogen-bond donors (Lipinski definition) is 4. The van der Waals surface area contributed by atoms with Crippen LogP contribution < -0.4 is 16.3 Å². The Hall–Kier alpha value is -2.13. The van der Waals surface area contributed by atoms with Gasteiger partial charge in [-0.15, -0.1) is 0 Å². The summed E-state index contributed by atoms with van der Waals surface area (Å²) in [5.41, 5.74) is 1.09. The van der Waals surface area contributed by atoms with Crippen molar-refractivity contribution in [2.24, 2.45) is 5.92 Å². The molecule has 0 saturated carbocycles. The summed E-state index contributed by atoms with van der Waals surface area (Å²) in [6, 6.07) is 0. The number of allylic oxidation sites excluding steroid dienone is 4. The first-order valence-corrected chi connectivity index (χ1v) is 9.61. The second kappa shape index (κ2) is 8.91. The van der Waals surface area contributed by atoms with Crippen LogP contribution in [0.2, 0.25) is 0 Å². The summed E-state index contributed by atoms with van der Waals surface area (Å²) in [5.74, 6) is 0.826. The summed E-state index contributed by atoms with van der Waals surface area (Å²) < 4.78 is 1.38. The largest absolute Gasteiger partial charge is 0.390 e. The number of halogens is 2. The minimum atomic E-state index is -0.417. The molecule has 1 aliphatic rings. The van der Waals surface area contributed by atoms with Crippen molar-refractivity contribution >= 4 is 40.3 Å². The molecule has 0 amide bonds. The molecule has 1 saturated heterocycles. The molecule has 4 N–H and O–H groups in total. The van der Waals surface area contributed by atoms with E-state index in [2.05, 4.69) is 38.7 Å². The van der Waals surface area contributed by atoms with E-state index >= 15 is 0 Å². The van der Waals surface area contributed by atoms with Crippen molar-refractivity contribution < 1.29 is 5.11 Å². The highest BCUT2D eigenvalue weighted by Gasteiger charge is 2.19. The zero-order valence-electron chi connectivity index (χ0n) is 15.3. The second-order valence-electron chi connectivity index (χ2n) is 6.54. The lowest BCUT2D eigenvalue weighted by Gasteiger charge is -2.12. The van der Waals surface area contributed by atoms with Crippen LogP contribution in [0.1, 0.15) is 12.1 Å². The Labute approximate surface area is 172 Å². The first kappa shape index (κ1) is 20.6.